The molecule has 2 heterocycles. The average molecular weight is 312 g/mol. The van der Waals surface area contributed by atoms with Crippen LogP contribution in [-0.2, 0) is 30.2 Å². The van der Waals surface area contributed by atoms with Crippen LogP contribution in [0.25, 0.3) is 0 Å². The van der Waals surface area contributed by atoms with Crippen LogP contribution in [0, 0.1) is 0 Å². The van der Waals surface area contributed by atoms with Crippen molar-refractivity contribution >= 4 is 10.0 Å². The molecule has 21 heavy (non-hydrogen) atoms. The van der Waals surface area contributed by atoms with E-state index in [0.29, 0.717) is 12.3 Å². The first kappa shape index (κ1) is 15.7. The molecular formula is C13H20N4O3S. The molecule has 0 aliphatic carbocycles. The molecule has 0 amide bonds. The quantitative estimate of drug-likeness (QED) is 0.710. The molecule has 0 saturated heterocycles. The fraction of sp³-hybridized carbons (Fsp3) is 0.462. The lowest BCUT2D eigenvalue weighted by atomic mass is 10.4. The van der Waals surface area contributed by atoms with Gasteiger partial charge < -0.3 is 9.73 Å². The number of nitrogens with zero attached hydrogens (tertiary/aromatic N) is 2. The van der Waals surface area contributed by atoms with Gasteiger partial charge in [-0.3, -0.25) is 4.68 Å². The number of hydrogen-bond acceptors (Lipinski definition) is 5. The highest BCUT2D eigenvalue weighted by Gasteiger charge is 2.18. The maximum Gasteiger partial charge on any atom is 0.274 e. The first-order valence-electron chi connectivity index (χ1n) is 6.79. The monoisotopic (exact) mass is 312 g/mol. The Balaban J connectivity index is 1.97. The van der Waals surface area contributed by atoms with Crippen molar-refractivity contribution < 1.29 is 12.8 Å². The van der Waals surface area contributed by atoms with E-state index in [9.17, 15) is 8.42 Å². The maximum absolute atomic E-state index is 12.1. The Morgan fingerprint density at radius 3 is 2.76 bits per heavy atom. The normalized spacial score (nSPS) is 11.9. The van der Waals surface area contributed by atoms with Crippen molar-refractivity contribution in [2.45, 2.75) is 31.5 Å². The third kappa shape index (κ3) is 4.16. The number of hydrogen-bond donors (Lipinski definition) is 2. The van der Waals surface area contributed by atoms with Crippen molar-refractivity contribution in [1.82, 2.24) is 19.8 Å². The highest BCUT2D eigenvalue weighted by Crippen LogP contribution is 2.14. The predicted octanol–water partition coefficient (Wildman–Crippen LogP) is 0.991. The summed E-state index contributed by atoms with van der Waals surface area (Å²) in [6.07, 6.45) is 2.63. The number of furan rings is 1. The summed E-state index contributed by atoms with van der Waals surface area (Å²) in [5, 5.41) is 7.07. The molecular weight excluding hydrogens is 292 g/mol. The van der Waals surface area contributed by atoms with Gasteiger partial charge in [-0.2, -0.15) is 5.10 Å². The van der Waals surface area contributed by atoms with E-state index in [1.807, 2.05) is 0 Å². The van der Waals surface area contributed by atoms with Crippen LogP contribution in [0.1, 0.15) is 24.8 Å². The lowest BCUT2D eigenvalue weighted by molar-refractivity contribution is 0.399. The van der Waals surface area contributed by atoms with Crippen LogP contribution in [0.15, 0.2) is 33.9 Å². The molecule has 0 aliphatic heterocycles. The van der Waals surface area contributed by atoms with Gasteiger partial charge in [-0.15, -0.1) is 0 Å². The van der Waals surface area contributed by atoms with Gasteiger partial charge in [0.25, 0.3) is 10.0 Å². The molecule has 2 aromatic rings. The van der Waals surface area contributed by atoms with E-state index in [1.54, 1.807) is 30.1 Å². The van der Waals surface area contributed by atoms with Crippen molar-refractivity contribution in [3.05, 3.63) is 35.9 Å². The Labute approximate surface area is 124 Å². The van der Waals surface area contributed by atoms with Gasteiger partial charge in [0.1, 0.15) is 5.76 Å². The van der Waals surface area contributed by atoms with E-state index in [-0.39, 0.29) is 11.6 Å². The van der Waals surface area contributed by atoms with Gasteiger partial charge in [-0.05, 0) is 31.2 Å². The molecule has 2 N–H and O–H groups in total. The van der Waals surface area contributed by atoms with E-state index in [0.717, 1.165) is 18.7 Å². The summed E-state index contributed by atoms with van der Waals surface area (Å²) >= 11 is 0. The molecule has 8 heteroatoms. The second-order valence-electron chi connectivity index (χ2n) is 4.67. The topological polar surface area (TPSA) is 89.2 Å². The second-order valence-corrected chi connectivity index (χ2v) is 6.37. The molecule has 0 radical (unpaired) electrons. The summed E-state index contributed by atoms with van der Waals surface area (Å²) in [5.41, 5.74) is 0.773. The summed E-state index contributed by atoms with van der Waals surface area (Å²) in [6, 6.07) is 4.89. The zero-order valence-electron chi connectivity index (χ0n) is 12.2. The summed E-state index contributed by atoms with van der Waals surface area (Å²) in [5.74, 6) is 0.601. The van der Waals surface area contributed by atoms with Crippen LogP contribution in [0.2, 0.25) is 0 Å². The largest absolute Gasteiger partial charge is 0.447 e. The lowest BCUT2D eigenvalue weighted by Crippen LogP contribution is -2.24. The Kier molecular flexibility index (Phi) is 5.16. The van der Waals surface area contributed by atoms with Gasteiger partial charge in [0, 0.05) is 13.2 Å². The Morgan fingerprint density at radius 1 is 1.29 bits per heavy atom. The Hall–Kier alpha value is -1.64. The molecule has 0 fully saturated rings. The number of nitrogens with one attached hydrogen (secondary N) is 2. The molecule has 7 nitrogen and oxygen atoms in total. The fourth-order valence-electron chi connectivity index (χ4n) is 1.80. The van der Waals surface area contributed by atoms with Crippen molar-refractivity contribution in [2.24, 2.45) is 7.05 Å². The van der Waals surface area contributed by atoms with Gasteiger partial charge in [0.15, 0.2) is 0 Å². The van der Waals surface area contributed by atoms with Crippen LogP contribution in [0.5, 0.6) is 0 Å². The average Bonchev–Trinajstić information content (AvgIpc) is 3.06. The summed E-state index contributed by atoms with van der Waals surface area (Å²) < 4.78 is 33.7. The van der Waals surface area contributed by atoms with Gasteiger partial charge in [-0.25, -0.2) is 13.1 Å². The van der Waals surface area contributed by atoms with Crippen LogP contribution in [-0.4, -0.2) is 24.7 Å². The van der Waals surface area contributed by atoms with E-state index in [2.05, 4.69) is 22.1 Å². The Bertz CT molecular complexity index is 675. The van der Waals surface area contributed by atoms with Crippen molar-refractivity contribution in [2.75, 3.05) is 6.54 Å². The number of rotatable bonds is 8. The van der Waals surface area contributed by atoms with Crippen LogP contribution >= 0.6 is 0 Å². The molecule has 0 spiro atoms. The highest BCUT2D eigenvalue weighted by molar-refractivity contribution is 7.89. The third-order valence-corrected chi connectivity index (χ3v) is 4.27. The molecule has 116 valence electrons. The molecule has 0 aliphatic rings. The lowest BCUT2D eigenvalue weighted by Gasteiger charge is -2.05. The van der Waals surface area contributed by atoms with Gasteiger partial charge in [0.2, 0.25) is 5.09 Å². The van der Waals surface area contributed by atoms with E-state index in [1.165, 1.54) is 6.07 Å². The highest BCUT2D eigenvalue weighted by atomic mass is 32.2. The molecule has 2 aromatic heterocycles. The van der Waals surface area contributed by atoms with Crippen LogP contribution in [0.4, 0.5) is 0 Å². The number of aromatic nitrogens is 2. The van der Waals surface area contributed by atoms with Gasteiger partial charge >= 0.3 is 0 Å². The SMILES string of the molecule is CCCNCc1ccc(S(=O)(=O)NCc2ccnn2C)o1. The summed E-state index contributed by atoms with van der Waals surface area (Å²) in [6.45, 7) is 3.61. The first-order valence-corrected chi connectivity index (χ1v) is 8.27. The fourth-order valence-corrected chi connectivity index (χ4v) is 2.74. The smallest absolute Gasteiger partial charge is 0.274 e. The molecule has 0 bridgehead atoms. The van der Waals surface area contributed by atoms with Gasteiger partial charge in [0.05, 0.1) is 18.8 Å². The molecule has 0 atom stereocenters. The van der Waals surface area contributed by atoms with Crippen molar-refractivity contribution in [1.29, 1.82) is 0 Å². The number of sulfonamides is 1. The van der Waals surface area contributed by atoms with E-state index < -0.39 is 10.0 Å². The predicted molar refractivity (Wildman–Crippen MR) is 77.9 cm³/mol. The molecule has 0 aromatic carbocycles. The van der Waals surface area contributed by atoms with Crippen LogP contribution in [0.3, 0.4) is 0 Å². The summed E-state index contributed by atoms with van der Waals surface area (Å²) in [4.78, 5) is 0. The third-order valence-electron chi connectivity index (χ3n) is 2.99. The Morgan fingerprint density at radius 2 is 2.10 bits per heavy atom. The van der Waals surface area contributed by atoms with Crippen molar-refractivity contribution in [3.63, 3.8) is 0 Å². The first-order chi connectivity index (χ1) is 10.0. The standard InChI is InChI=1S/C13H20N4O3S/c1-3-7-14-10-12-4-5-13(20-12)21(18,19)16-9-11-6-8-15-17(11)2/h4-6,8,14,16H,3,7,9-10H2,1-2H3. The van der Waals surface area contributed by atoms with E-state index in [4.69, 9.17) is 4.42 Å². The maximum atomic E-state index is 12.1. The zero-order valence-corrected chi connectivity index (χ0v) is 13.0. The minimum Gasteiger partial charge on any atom is -0.447 e. The van der Waals surface area contributed by atoms with Crippen LogP contribution < -0.4 is 10.0 Å². The van der Waals surface area contributed by atoms with E-state index >= 15 is 0 Å². The summed E-state index contributed by atoms with van der Waals surface area (Å²) in [7, 11) is -1.89. The molecule has 2 rings (SSSR count). The number of aryl methyl sites for hydroxylation is 1. The van der Waals surface area contributed by atoms with Gasteiger partial charge in [-0.1, -0.05) is 6.92 Å². The molecule has 0 unspecified atom stereocenters. The minimum atomic E-state index is -3.65. The van der Waals surface area contributed by atoms with Crippen molar-refractivity contribution in [3.8, 4) is 0 Å². The second kappa shape index (κ2) is 6.88. The minimum absolute atomic E-state index is 0.0713. The molecule has 0 saturated carbocycles. The zero-order chi connectivity index (χ0) is 15.3.